The molecule has 0 bridgehead atoms. The van der Waals surface area contributed by atoms with Crippen LogP contribution >= 0.6 is 45.8 Å². The number of fused-ring (bicyclic) bond motifs is 1. The SMILES string of the molecule is O=C(C[C@@]1(O)C(=O)N(Cc2ccc(Cl)cc2)c2ccc(Cl)cc21)c1ccc(I)cc1. The molecule has 4 nitrogen and oxygen atoms in total. The van der Waals surface area contributed by atoms with E-state index in [2.05, 4.69) is 22.6 Å². The Morgan fingerprint density at radius 1 is 0.967 bits per heavy atom. The first-order valence-electron chi connectivity index (χ1n) is 9.15. The molecule has 152 valence electrons. The topological polar surface area (TPSA) is 57.6 Å². The molecule has 1 N–H and O–H groups in total. The molecular weight excluding hydrogens is 536 g/mol. The number of benzene rings is 3. The molecule has 7 heteroatoms. The van der Waals surface area contributed by atoms with Gasteiger partial charge in [0, 0.05) is 24.7 Å². The number of amides is 1. The van der Waals surface area contributed by atoms with Crippen LogP contribution in [-0.4, -0.2) is 16.8 Å². The maximum absolute atomic E-state index is 13.3. The van der Waals surface area contributed by atoms with E-state index in [0.717, 1.165) is 9.13 Å². The van der Waals surface area contributed by atoms with Crippen LogP contribution in [0.4, 0.5) is 5.69 Å². The number of ketones is 1. The summed E-state index contributed by atoms with van der Waals surface area (Å²) >= 11 is 14.3. The average molecular weight is 552 g/mol. The van der Waals surface area contributed by atoms with Crippen LogP contribution in [0.5, 0.6) is 0 Å². The van der Waals surface area contributed by atoms with E-state index in [0.29, 0.717) is 26.9 Å². The van der Waals surface area contributed by atoms with Gasteiger partial charge in [0.1, 0.15) is 0 Å². The number of rotatable bonds is 5. The number of Topliss-reactive ketones (excluding diaryl/α,β-unsaturated/α-hetero) is 1. The second-order valence-corrected chi connectivity index (χ2v) is 9.26. The average Bonchev–Trinajstić information content (AvgIpc) is 2.91. The van der Waals surface area contributed by atoms with Crippen molar-refractivity contribution in [3.8, 4) is 0 Å². The number of carbonyl (C=O) groups is 2. The summed E-state index contributed by atoms with van der Waals surface area (Å²) in [5.74, 6) is -0.866. The van der Waals surface area contributed by atoms with Crippen LogP contribution in [0, 0.1) is 3.57 Å². The molecule has 1 heterocycles. The number of anilines is 1. The number of carbonyl (C=O) groups excluding carboxylic acids is 2. The molecule has 3 aromatic carbocycles. The van der Waals surface area contributed by atoms with Gasteiger partial charge in [-0.15, -0.1) is 0 Å². The zero-order chi connectivity index (χ0) is 21.5. The van der Waals surface area contributed by atoms with Crippen molar-refractivity contribution >= 4 is 63.2 Å². The number of aliphatic hydroxyl groups is 1. The van der Waals surface area contributed by atoms with E-state index < -0.39 is 11.5 Å². The lowest BCUT2D eigenvalue weighted by Gasteiger charge is -2.23. The monoisotopic (exact) mass is 551 g/mol. The van der Waals surface area contributed by atoms with Crippen LogP contribution in [0.25, 0.3) is 0 Å². The van der Waals surface area contributed by atoms with Gasteiger partial charge in [0.25, 0.3) is 5.91 Å². The van der Waals surface area contributed by atoms with Gasteiger partial charge < -0.3 is 10.0 Å². The van der Waals surface area contributed by atoms with Crippen LogP contribution in [-0.2, 0) is 16.9 Å². The highest BCUT2D eigenvalue weighted by molar-refractivity contribution is 14.1. The van der Waals surface area contributed by atoms with Crippen molar-refractivity contribution in [2.75, 3.05) is 4.90 Å². The Morgan fingerprint density at radius 2 is 1.60 bits per heavy atom. The highest BCUT2D eigenvalue weighted by atomic mass is 127. The molecular formula is C23H16Cl2INO3. The fraction of sp³-hybridized carbons (Fsp3) is 0.130. The van der Waals surface area contributed by atoms with Gasteiger partial charge in [0.2, 0.25) is 0 Å². The van der Waals surface area contributed by atoms with Crippen molar-refractivity contribution in [1.29, 1.82) is 0 Å². The molecule has 0 unspecified atom stereocenters. The predicted octanol–water partition coefficient (Wildman–Crippen LogP) is 5.61. The fourth-order valence-corrected chi connectivity index (χ4v) is 4.25. The van der Waals surface area contributed by atoms with Crippen LogP contribution in [0.1, 0.15) is 27.9 Å². The summed E-state index contributed by atoms with van der Waals surface area (Å²) in [5.41, 5.74) is 0.190. The van der Waals surface area contributed by atoms with Crippen LogP contribution in [0.2, 0.25) is 10.0 Å². The smallest absolute Gasteiger partial charge is 0.264 e. The maximum Gasteiger partial charge on any atom is 0.264 e. The van der Waals surface area contributed by atoms with Crippen molar-refractivity contribution in [3.63, 3.8) is 0 Å². The van der Waals surface area contributed by atoms with Gasteiger partial charge in [-0.1, -0.05) is 47.5 Å². The first-order valence-corrected chi connectivity index (χ1v) is 11.0. The van der Waals surface area contributed by atoms with Gasteiger partial charge in [0.05, 0.1) is 18.7 Å². The fourth-order valence-electron chi connectivity index (χ4n) is 3.59. The number of hydrogen-bond acceptors (Lipinski definition) is 3. The van der Waals surface area contributed by atoms with Crippen molar-refractivity contribution < 1.29 is 14.7 Å². The van der Waals surface area contributed by atoms with E-state index >= 15 is 0 Å². The molecule has 1 aliphatic rings. The third-order valence-electron chi connectivity index (χ3n) is 5.13. The van der Waals surface area contributed by atoms with Crippen LogP contribution in [0.3, 0.4) is 0 Å². The van der Waals surface area contributed by atoms with Gasteiger partial charge >= 0.3 is 0 Å². The summed E-state index contributed by atoms with van der Waals surface area (Å²) in [5, 5.41) is 12.4. The second kappa shape index (κ2) is 8.30. The molecule has 0 saturated heterocycles. The van der Waals surface area contributed by atoms with Crippen LogP contribution < -0.4 is 4.90 Å². The zero-order valence-corrected chi connectivity index (χ0v) is 19.3. The largest absolute Gasteiger partial charge is 0.375 e. The summed E-state index contributed by atoms with van der Waals surface area (Å²) in [6, 6.07) is 19.0. The molecule has 1 atom stereocenters. The highest BCUT2D eigenvalue weighted by Gasteiger charge is 2.51. The molecule has 0 aliphatic carbocycles. The quantitative estimate of drug-likeness (QED) is 0.331. The van der Waals surface area contributed by atoms with Crippen molar-refractivity contribution in [2.24, 2.45) is 0 Å². The first-order chi connectivity index (χ1) is 14.3. The Hall–Kier alpha value is -1.93. The molecule has 30 heavy (non-hydrogen) atoms. The Morgan fingerprint density at radius 3 is 2.27 bits per heavy atom. The molecule has 1 aliphatic heterocycles. The lowest BCUT2D eigenvalue weighted by molar-refractivity contribution is -0.136. The molecule has 4 rings (SSSR count). The number of hydrogen-bond donors (Lipinski definition) is 1. The van der Waals surface area contributed by atoms with Gasteiger partial charge in [0.15, 0.2) is 11.4 Å². The van der Waals surface area contributed by atoms with Gasteiger partial charge in [-0.05, 0) is 70.6 Å². The summed E-state index contributed by atoms with van der Waals surface area (Å²) in [6.07, 6.45) is -0.364. The summed E-state index contributed by atoms with van der Waals surface area (Å²) in [4.78, 5) is 27.7. The minimum atomic E-state index is -1.98. The Balaban J connectivity index is 1.70. The Kier molecular flexibility index (Phi) is 5.90. The van der Waals surface area contributed by atoms with E-state index in [4.69, 9.17) is 23.2 Å². The molecule has 0 radical (unpaired) electrons. The third kappa shape index (κ3) is 3.99. The maximum atomic E-state index is 13.3. The standard InChI is InChI=1S/C23H16Cl2INO3/c24-16-5-1-14(2-6-16)13-27-20-10-7-17(25)11-19(20)23(30,22(27)29)12-21(28)15-3-8-18(26)9-4-15/h1-11,30H,12-13H2/t23-/m0/s1. The zero-order valence-electron chi connectivity index (χ0n) is 15.6. The number of nitrogens with zero attached hydrogens (tertiary/aromatic N) is 1. The van der Waals surface area contributed by atoms with Gasteiger partial charge in [-0.25, -0.2) is 0 Å². The van der Waals surface area contributed by atoms with E-state index in [-0.39, 0.29) is 18.7 Å². The molecule has 0 saturated carbocycles. The molecule has 1 amide bonds. The summed E-state index contributed by atoms with van der Waals surface area (Å²) < 4.78 is 0.992. The van der Waals surface area contributed by atoms with E-state index in [1.165, 1.54) is 4.90 Å². The molecule has 3 aromatic rings. The van der Waals surface area contributed by atoms with Crippen LogP contribution in [0.15, 0.2) is 66.7 Å². The predicted molar refractivity (Wildman–Crippen MR) is 126 cm³/mol. The Labute approximate surface area is 197 Å². The van der Waals surface area contributed by atoms with Crippen molar-refractivity contribution in [2.45, 2.75) is 18.6 Å². The second-order valence-electron chi connectivity index (χ2n) is 7.15. The Bertz CT molecular complexity index is 1130. The van der Waals surface area contributed by atoms with E-state index in [9.17, 15) is 14.7 Å². The van der Waals surface area contributed by atoms with Crippen molar-refractivity contribution in [1.82, 2.24) is 0 Å². The van der Waals surface area contributed by atoms with Crippen molar-refractivity contribution in [3.05, 3.63) is 97.0 Å². The molecule has 0 fully saturated rings. The summed E-state index contributed by atoms with van der Waals surface area (Å²) in [7, 11) is 0. The molecule has 0 spiro atoms. The third-order valence-corrected chi connectivity index (χ3v) is 6.34. The van der Waals surface area contributed by atoms with Gasteiger partial charge in [-0.2, -0.15) is 0 Å². The lowest BCUT2D eigenvalue weighted by Crippen LogP contribution is -2.41. The highest BCUT2D eigenvalue weighted by Crippen LogP contribution is 2.44. The lowest BCUT2D eigenvalue weighted by atomic mass is 9.88. The first kappa shape index (κ1) is 21.3. The van der Waals surface area contributed by atoms with E-state index in [1.54, 1.807) is 42.5 Å². The molecule has 0 aromatic heterocycles. The minimum Gasteiger partial charge on any atom is -0.375 e. The van der Waals surface area contributed by atoms with Gasteiger partial charge in [-0.3, -0.25) is 9.59 Å². The summed E-state index contributed by atoms with van der Waals surface area (Å²) in [6.45, 7) is 0.241. The normalized spacial score (nSPS) is 17.9. The van der Waals surface area contributed by atoms with E-state index in [1.807, 2.05) is 24.3 Å². The minimum absolute atomic E-state index is 0.241. The number of halogens is 3.